The number of likely N-dealkylation sites (tertiary alicyclic amines) is 1. The summed E-state index contributed by atoms with van der Waals surface area (Å²) in [5.41, 5.74) is 2.37. The normalized spacial score (nSPS) is 21.0. The van der Waals surface area contributed by atoms with E-state index in [-0.39, 0.29) is 23.8 Å². The molecule has 0 saturated carbocycles. The molecule has 0 bridgehead atoms. The average Bonchev–Trinajstić information content (AvgIpc) is 2.98. The number of amides is 1. The molecule has 3 rings (SSSR count). The van der Waals surface area contributed by atoms with Crippen LogP contribution in [0.4, 0.5) is 0 Å². The Labute approximate surface area is 163 Å². The molecule has 0 radical (unpaired) electrons. The van der Waals surface area contributed by atoms with Crippen molar-refractivity contribution >= 4 is 5.91 Å². The lowest BCUT2D eigenvalue weighted by molar-refractivity contribution is -0.133. The highest BCUT2D eigenvalue weighted by atomic mass is 16.5. The zero-order valence-electron chi connectivity index (χ0n) is 16.7. The second-order valence-electron chi connectivity index (χ2n) is 8.07. The number of carbonyl (C=O) groups is 1. The SMILES string of the molecule is CC(C)C[C@H]1C(=O)N([C@@H](C)c2ccccc2)C[C@@H]1COCc1ccccc1. The topological polar surface area (TPSA) is 29.5 Å². The Balaban J connectivity index is 1.66. The van der Waals surface area contributed by atoms with Gasteiger partial charge in [0.05, 0.1) is 19.3 Å². The highest BCUT2D eigenvalue weighted by Crippen LogP contribution is 2.35. The van der Waals surface area contributed by atoms with Gasteiger partial charge in [0.25, 0.3) is 0 Å². The van der Waals surface area contributed by atoms with Crippen LogP contribution in [0.25, 0.3) is 0 Å². The number of rotatable bonds is 8. The molecule has 2 aromatic rings. The molecule has 1 fully saturated rings. The van der Waals surface area contributed by atoms with E-state index in [4.69, 9.17) is 4.74 Å². The van der Waals surface area contributed by atoms with Crippen LogP contribution in [0.1, 0.15) is 44.4 Å². The Kier molecular flexibility index (Phi) is 6.68. The van der Waals surface area contributed by atoms with Gasteiger partial charge in [-0.05, 0) is 30.4 Å². The summed E-state index contributed by atoms with van der Waals surface area (Å²) < 4.78 is 6.02. The Morgan fingerprint density at radius 1 is 1.00 bits per heavy atom. The van der Waals surface area contributed by atoms with Crippen molar-refractivity contribution in [2.45, 2.75) is 39.8 Å². The molecule has 1 saturated heterocycles. The Hall–Kier alpha value is -2.13. The molecule has 3 nitrogen and oxygen atoms in total. The molecule has 0 aliphatic carbocycles. The minimum absolute atomic E-state index is 0.0620. The molecular formula is C24H31NO2. The van der Waals surface area contributed by atoms with Crippen LogP contribution in [0.15, 0.2) is 60.7 Å². The predicted octanol–water partition coefficient (Wildman–Crippen LogP) is 5.09. The molecule has 3 heteroatoms. The summed E-state index contributed by atoms with van der Waals surface area (Å²) in [6.45, 7) is 8.54. The molecule has 0 aromatic heterocycles. The maximum absolute atomic E-state index is 13.2. The quantitative estimate of drug-likeness (QED) is 0.652. The van der Waals surface area contributed by atoms with Gasteiger partial charge in [-0.2, -0.15) is 0 Å². The highest BCUT2D eigenvalue weighted by Gasteiger charge is 2.42. The van der Waals surface area contributed by atoms with Crippen LogP contribution in [0.5, 0.6) is 0 Å². The third-order valence-electron chi connectivity index (χ3n) is 5.52. The van der Waals surface area contributed by atoms with Crippen LogP contribution < -0.4 is 0 Å². The Morgan fingerprint density at radius 2 is 1.63 bits per heavy atom. The van der Waals surface area contributed by atoms with Crippen LogP contribution >= 0.6 is 0 Å². The number of benzene rings is 2. The van der Waals surface area contributed by atoms with Crippen LogP contribution in [0.3, 0.4) is 0 Å². The van der Waals surface area contributed by atoms with Gasteiger partial charge in [-0.1, -0.05) is 74.5 Å². The minimum Gasteiger partial charge on any atom is -0.376 e. The van der Waals surface area contributed by atoms with Crippen molar-refractivity contribution < 1.29 is 9.53 Å². The molecule has 0 N–H and O–H groups in total. The first-order valence-electron chi connectivity index (χ1n) is 10.0. The molecule has 3 atom stereocenters. The van der Waals surface area contributed by atoms with Crippen LogP contribution in [0.2, 0.25) is 0 Å². The molecule has 1 aliphatic heterocycles. The van der Waals surface area contributed by atoms with Gasteiger partial charge in [-0.3, -0.25) is 4.79 Å². The summed E-state index contributed by atoms with van der Waals surface area (Å²) in [7, 11) is 0. The lowest BCUT2D eigenvalue weighted by atomic mass is 9.88. The highest BCUT2D eigenvalue weighted by molar-refractivity contribution is 5.82. The van der Waals surface area contributed by atoms with Gasteiger partial charge in [0.1, 0.15) is 0 Å². The van der Waals surface area contributed by atoms with Gasteiger partial charge < -0.3 is 9.64 Å². The van der Waals surface area contributed by atoms with E-state index >= 15 is 0 Å². The lowest BCUT2D eigenvalue weighted by Gasteiger charge is -2.25. The van der Waals surface area contributed by atoms with Crippen molar-refractivity contribution in [1.29, 1.82) is 0 Å². The summed E-state index contributed by atoms with van der Waals surface area (Å²) in [6.07, 6.45) is 0.927. The van der Waals surface area contributed by atoms with E-state index in [2.05, 4.69) is 49.9 Å². The largest absolute Gasteiger partial charge is 0.376 e. The zero-order valence-corrected chi connectivity index (χ0v) is 16.7. The molecule has 1 aliphatic rings. The second kappa shape index (κ2) is 9.18. The smallest absolute Gasteiger partial charge is 0.226 e. The molecular weight excluding hydrogens is 334 g/mol. The van der Waals surface area contributed by atoms with Crippen molar-refractivity contribution in [2.75, 3.05) is 13.2 Å². The number of nitrogens with zero attached hydrogens (tertiary/aromatic N) is 1. The first kappa shape index (κ1) is 19.6. The van der Waals surface area contributed by atoms with E-state index in [9.17, 15) is 4.79 Å². The molecule has 0 unspecified atom stereocenters. The summed E-state index contributed by atoms with van der Waals surface area (Å²) in [5, 5.41) is 0. The first-order valence-corrected chi connectivity index (χ1v) is 10.0. The fourth-order valence-corrected chi connectivity index (χ4v) is 4.02. The lowest BCUT2D eigenvalue weighted by Crippen LogP contribution is -2.30. The van der Waals surface area contributed by atoms with Crippen molar-refractivity contribution in [3.05, 3.63) is 71.8 Å². The summed E-state index contributed by atoms with van der Waals surface area (Å²) in [6, 6.07) is 20.6. The van der Waals surface area contributed by atoms with Gasteiger partial charge in [-0.25, -0.2) is 0 Å². The van der Waals surface area contributed by atoms with E-state index in [0.717, 1.165) is 13.0 Å². The van der Waals surface area contributed by atoms with Crippen molar-refractivity contribution in [1.82, 2.24) is 4.90 Å². The maximum atomic E-state index is 13.2. The fraction of sp³-hybridized carbons (Fsp3) is 0.458. The molecule has 2 aromatic carbocycles. The van der Waals surface area contributed by atoms with Gasteiger partial charge >= 0.3 is 0 Å². The van der Waals surface area contributed by atoms with Crippen molar-refractivity contribution in [2.24, 2.45) is 17.8 Å². The van der Waals surface area contributed by atoms with Crippen LogP contribution in [0, 0.1) is 17.8 Å². The van der Waals surface area contributed by atoms with Gasteiger partial charge in [0.2, 0.25) is 5.91 Å². The first-order chi connectivity index (χ1) is 13.1. The van der Waals surface area contributed by atoms with E-state index in [0.29, 0.717) is 19.1 Å². The average molecular weight is 366 g/mol. The number of carbonyl (C=O) groups excluding carboxylic acids is 1. The summed E-state index contributed by atoms with van der Waals surface area (Å²) in [5.74, 6) is 1.11. The van der Waals surface area contributed by atoms with E-state index in [1.807, 2.05) is 36.4 Å². The fourth-order valence-electron chi connectivity index (χ4n) is 4.02. The summed E-state index contributed by atoms with van der Waals surface area (Å²) >= 11 is 0. The molecule has 1 heterocycles. The predicted molar refractivity (Wildman–Crippen MR) is 109 cm³/mol. The maximum Gasteiger partial charge on any atom is 0.226 e. The summed E-state index contributed by atoms with van der Waals surface area (Å²) in [4.78, 5) is 15.2. The van der Waals surface area contributed by atoms with Crippen LogP contribution in [-0.2, 0) is 16.1 Å². The van der Waals surface area contributed by atoms with E-state index < -0.39 is 0 Å². The molecule has 1 amide bonds. The molecule has 144 valence electrons. The molecule has 27 heavy (non-hydrogen) atoms. The van der Waals surface area contributed by atoms with Crippen molar-refractivity contribution in [3.8, 4) is 0 Å². The van der Waals surface area contributed by atoms with Gasteiger partial charge in [-0.15, -0.1) is 0 Å². The Morgan fingerprint density at radius 3 is 2.26 bits per heavy atom. The third-order valence-corrected chi connectivity index (χ3v) is 5.52. The second-order valence-corrected chi connectivity index (χ2v) is 8.07. The van der Waals surface area contributed by atoms with Gasteiger partial charge in [0, 0.05) is 18.4 Å². The monoisotopic (exact) mass is 365 g/mol. The number of ether oxygens (including phenoxy) is 1. The Bertz CT molecular complexity index is 714. The number of hydrogen-bond acceptors (Lipinski definition) is 2. The van der Waals surface area contributed by atoms with E-state index in [1.165, 1.54) is 11.1 Å². The zero-order chi connectivity index (χ0) is 19.2. The van der Waals surface area contributed by atoms with Crippen molar-refractivity contribution in [3.63, 3.8) is 0 Å². The van der Waals surface area contributed by atoms with Crippen LogP contribution in [-0.4, -0.2) is 24.0 Å². The van der Waals surface area contributed by atoms with Gasteiger partial charge in [0.15, 0.2) is 0 Å². The van der Waals surface area contributed by atoms with E-state index in [1.54, 1.807) is 0 Å². The third kappa shape index (κ3) is 4.98. The standard InChI is InChI=1S/C24H31NO2/c1-18(2)14-23-22(17-27-16-20-10-6-4-7-11-20)15-25(24(23)26)19(3)21-12-8-5-9-13-21/h4-13,18-19,22-23H,14-17H2,1-3H3/t19-,22+,23+/m0/s1. The number of hydrogen-bond donors (Lipinski definition) is 0. The molecule has 0 spiro atoms. The minimum atomic E-state index is 0.0620.